The maximum Gasteiger partial charge on any atom is 0.0600 e. The molecule has 2 nitrogen and oxygen atoms in total. The lowest BCUT2D eigenvalue weighted by Gasteiger charge is -2.19. The third-order valence-electron chi connectivity index (χ3n) is 3.76. The maximum absolute atomic E-state index is 4.37. The van der Waals surface area contributed by atoms with Crippen molar-refractivity contribution in [3.63, 3.8) is 0 Å². The molecular formula is C17H18N2. The summed E-state index contributed by atoms with van der Waals surface area (Å²) in [6.07, 6.45) is 2.99. The third kappa shape index (κ3) is 2.03. The van der Waals surface area contributed by atoms with Crippen molar-refractivity contribution < 1.29 is 0 Å². The number of aromatic nitrogens is 1. The Labute approximate surface area is 114 Å². The molecule has 1 aromatic carbocycles. The highest BCUT2D eigenvalue weighted by Gasteiger charge is 2.23. The van der Waals surface area contributed by atoms with Gasteiger partial charge in [-0.2, -0.15) is 0 Å². The number of nitrogens with zero attached hydrogens (tertiary/aromatic N) is 2. The Kier molecular flexibility index (Phi) is 2.86. The predicted molar refractivity (Wildman–Crippen MR) is 80.0 cm³/mol. The lowest BCUT2D eigenvalue weighted by Crippen LogP contribution is -2.13. The van der Waals surface area contributed by atoms with E-state index < -0.39 is 0 Å². The fourth-order valence-electron chi connectivity index (χ4n) is 2.53. The number of pyridine rings is 1. The molecule has 2 aromatic rings. The molecule has 19 heavy (non-hydrogen) atoms. The van der Waals surface area contributed by atoms with Gasteiger partial charge in [-0.05, 0) is 42.7 Å². The van der Waals surface area contributed by atoms with Crippen LogP contribution >= 0.6 is 0 Å². The normalized spacial score (nSPS) is 13.8. The number of benzene rings is 1. The molecular weight excluding hydrogens is 232 g/mol. The minimum Gasteiger partial charge on any atom is -0.336 e. The topological polar surface area (TPSA) is 16.1 Å². The number of rotatable bonds is 2. The third-order valence-corrected chi connectivity index (χ3v) is 3.76. The Bertz CT molecular complexity index is 626. The molecule has 2 heteroatoms. The van der Waals surface area contributed by atoms with Crippen molar-refractivity contribution >= 4 is 11.4 Å². The van der Waals surface area contributed by atoms with E-state index in [9.17, 15) is 0 Å². The van der Waals surface area contributed by atoms with Gasteiger partial charge in [0.2, 0.25) is 0 Å². The average Bonchev–Trinajstić information content (AvgIpc) is 2.76. The minimum atomic E-state index is 0.892. The van der Waals surface area contributed by atoms with Crippen molar-refractivity contribution in [2.24, 2.45) is 0 Å². The van der Waals surface area contributed by atoms with Gasteiger partial charge in [-0.3, -0.25) is 4.98 Å². The van der Waals surface area contributed by atoms with Gasteiger partial charge >= 0.3 is 0 Å². The van der Waals surface area contributed by atoms with Crippen LogP contribution in [0.4, 0.5) is 5.69 Å². The van der Waals surface area contributed by atoms with Gasteiger partial charge in [0.05, 0.1) is 11.9 Å². The van der Waals surface area contributed by atoms with Crippen LogP contribution in [-0.4, -0.2) is 4.98 Å². The zero-order valence-corrected chi connectivity index (χ0v) is 11.5. The highest BCUT2D eigenvalue weighted by molar-refractivity contribution is 5.83. The Morgan fingerprint density at radius 2 is 2.11 bits per heavy atom. The van der Waals surface area contributed by atoms with E-state index in [1.807, 2.05) is 19.2 Å². The first kappa shape index (κ1) is 12.0. The van der Waals surface area contributed by atoms with E-state index in [0.29, 0.717) is 0 Å². The van der Waals surface area contributed by atoms with Crippen LogP contribution in [-0.2, 0) is 13.0 Å². The van der Waals surface area contributed by atoms with Crippen LogP contribution in [0.15, 0.2) is 43.1 Å². The standard InChI is InChI=1S/C17H18N2/c1-4-14-6-7-15-11-19(13(3)17(15)9-14)16-8-5-12(2)18-10-16/h5-10H,3-4,11H2,1-2H3. The number of hydrogen-bond acceptors (Lipinski definition) is 2. The van der Waals surface area contributed by atoms with Crippen molar-refractivity contribution in [1.29, 1.82) is 0 Å². The summed E-state index contributed by atoms with van der Waals surface area (Å²) >= 11 is 0. The summed E-state index contributed by atoms with van der Waals surface area (Å²) in [6.45, 7) is 9.33. The largest absolute Gasteiger partial charge is 0.336 e. The van der Waals surface area contributed by atoms with Gasteiger partial charge in [-0.25, -0.2) is 0 Å². The van der Waals surface area contributed by atoms with Crippen LogP contribution < -0.4 is 4.90 Å². The second-order valence-corrected chi connectivity index (χ2v) is 5.04. The van der Waals surface area contributed by atoms with Crippen molar-refractivity contribution in [3.8, 4) is 0 Å². The van der Waals surface area contributed by atoms with Gasteiger partial charge in [-0.15, -0.1) is 0 Å². The van der Waals surface area contributed by atoms with E-state index in [0.717, 1.165) is 30.0 Å². The Morgan fingerprint density at radius 3 is 2.79 bits per heavy atom. The fourth-order valence-corrected chi connectivity index (χ4v) is 2.53. The molecule has 0 saturated heterocycles. The molecule has 1 aromatic heterocycles. The zero-order chi connectivity index (χ0) is 13.4. The van der Waals surface area contributed by atoms with Crippen LogP contribution in [0, 0.1) is 6.92 Å². The number of anilines is 1. The molecule has 0 radical (unpaired) electrons. The van der Waals surface area contributed by atoms with Gasteiger partial charge in [0.1, 0.15) is 0 Å². The van der Waals surface area contributed by atoms with Crippen molar-refractivity contribution in [3.05, 3.63) is 65.5 Å². The summed E-state index contributed by atoms with van der Waals surface area (Å²) in [5, 5.41) is 0. The predicted octanol–water partition coefficient (Wildman–Crippen LogP) is 3.94. The highest BCUT2D eigenvalue weighted by atomic mass is 15.2. The molecule has 1 aliphatic rings. The molecule has 0 saturated carbocycles. The molecule has 0 N–H and O–H groups in total. The smallest absolute Gasteiger partial charge is 0.0600 e. The quantitative estimate of drug-likeness (QED) is 0.802. The molecule has 0 spiro atoms. The molecule has 0 bridgehead atoms. The van der Waals surface area contributed by atoms with Gasteiger partial charge in [0.25, 0.3) is 0 Å². The molecule has 0 amide bonds. The summed E-state index contributed by atoms with van der Waals surface area (Å²) in [4.78, 5) is 6.60. The number of fused-ring (bicyclic) bond motifs is 1. The molecule has 0 atom stereocenters. The van der Waals surface area contributed by atoms with Gasteiger partial charge in [-0.1, -0.05) is 25.6 Å². The van der Waals surface area contributed by atoms with Crippen molar-refractivity contribution in [1.82, 2.24) is 4.98 Å². The zero-order valence-electron chi connectivity index (χ0n) is 11.5. The van der Waals surface area contributed by atoms with E-state index in [1.165, 1.54) is 16.7 Å². The van der Waals surface area contributed by atoms with Gasteiger partial charge in [0, 0.05) is 23.5 Å². The monoisotopic (exact) mass is 250 g/mol. The second kappa shape index (κ2) is 4.54. The van der Waals surface area contributed by atoms with Crippen LogP contribution in [0.2, 0.25) is 0 Å². The Morgan fingerprint density at radius 1 is 1.26 bits per heavy atom. The van der Waals surface area contributed by atoms with Crippen LogP contribution in [0.1, 0.15) is 29.3 Å². The molecule has 0 unspecified atom stereocenters. The maximum atomic E-state index is 4.37. The van der Waals surface area contributed by atoms with E-state index in [1.54, 1.807) is 0 Å². The SMILES string of the molecule is C=C1c2cc(CC)ccc2CN1c1ccc(C)nc1. The number of aryl methyl sites for hydroxylation is 2. The molecule has 1 aliphatic heterocycles. The van der Waals surface area contributed by atoms with Crippen LogP contribution in [0.25, 0.3) is 5.70 Å². The van der Waals surface area contributed by atoms with E-state index in [2.05, 4.69) is 47.7 Å². The first-order valence-electron chi connectivity index (χ1n) is 6.70. The van der Waals surface area contributed by atoms with Gasteiger partial charge < -0.3 is 4.90 Å². The fraction of sp³-hybridized carbons (Fsp3) is 0.235. The van der Waals surface area contributed by atoms with E-state index in [-0.39, 0.29) is 0 Å². The lowest BCUT2D eigenvalue weighted by atomic mass is 10.0. The van der Waals surface area contributed by atoms with Crippen molar-refractivity contribution in [2.75, 3.05) is 4.90 Å². The van der Waals surface area contributed by atoms with Crippen LogP contribution in [0.5, 0.6) is 0 Å². The molecule has 96 valence electrons. The van der Waals surface area contributed by atoms with E-state index >= 15 is 0 Å². The van der Waals surface area contributed by atoms with Gasteiger partial charge in [0.15, 0.2) is 0 Å². The Hall–Kier alpha value is -2.09. The summed E-state index contributed by atoms with van der Waals surface area (Å²) < 4.78 is 0. The minimum absolute atomic E-state index is 0.892. The Balaban J connectivity index is 1.97. The average molecular weight is 250 g/mol. The number of hydrogen-bond donors (Lipinski definition) is 0. The summed E-state index contributed by atoms with van der Waals surface area (Å²) in [5.74, 6) is 0. The molecule has 3 rings (SSSR count). The summed E-state index contributed by atoms with van der Waals surface area (Å²) in [7, 11) is 0. The first-order valence-corrected chi connectivity index (χ1v) is 6.70. The van der Waals surface area contributed by atoms with Crippen LogP contribution in [0.3, 0.4) is 0 Å². The molecule has 2 heterocycles. The van der Waals surface area contributed by atoms with E-state index in [4.69, 9.17) is 0 Å². The second-order valence-electron chi connectivity index (χ2n) is 5.04. The summed E-state index contributed by atoms with van der Waals surface area (Å²) in [5.41, 5.74) is 7.23. The van der Waals surface area contributed by atoms with Crippen molar-refractivity contribution in [2.45, 2.75) is 26.8 Å². The highest BCUT2D eigenvalue weighted by Crippen LogP contribution is 2.35. The summed E-state index contributed by atoms with van der Waals surface area (Å²) in [6, 6.07) is 10.9. The lowest BCUT2D eigenvalue weighted by molar-refractivity contribution is 1.02. The molecule has 0 fully saturated rings. The first-order chi connectivity index (χ1) is 9.19. The molecule has 0 aliphatic carbocycles.